The maximum absolute atomic E-state index is 5.88. The molecule has 0 saturated carbocycles. The van der Waals surface area contributed by atoms with Gasteiger partial charge in [0.2, 0.25) is 0 Å². The van der Waals surface area contributed by atoms with Gasteiger partial charge in [-0.25, -0.2) is 4.52 Å². The second-order valence-corrected chi connectivity index (χ2v) is 6.28. The van der Waals surface area contributed by atoms with E-state index in [9.17, 15) is 0 Å². The first-order valence-electron chi connectivity index (χ1n) is 8.86. The monoisotopic (exact) mass is 337 g/mol. The highest BCUT2D eigenvalue weighted by atomic mass is 16.5. The molecule has 25 heavy (non-hydrogen) atoms. The van der Waals surface area contributed by atoms with Gasteiger partial charge in [0.1, 0.15) is 0 Å². The third-order valence-corrected chi connectivity index (χ3v) is 4.58. The van der Waals surface area contributed by atoms with E-state index < -0.39 is 0 Å². The summed E-state index contributed by atoms with van der Waals surface area (Å²) in [7, 11) is 0. The maximum atomic E-state index is 5.88. The predicted molar refractivity (Wildman–Crippen MR) is 98.9 cm³/mol. The van der Waals surface area contributed by atoms with E-state index in [-0.39, 0.29) is 0 Å². The lowest BCUT2D eigenvalue weighted by Gasteiger charge is -2.22. The van der Waals surface area contributed by atoms with Crippen LogP contribution in [0, 0.1) is 0 Å². The number of hydrogen-bond acceptors (Lipinski definition) is 4. The third-order valence-electron chi connectivity index (χ3n) is 4.58. The Labute approximate surface area is 147 Å². The van der Waals surface area contributed by atoms with Crippen LogP contribution in [0.4, 0.5) is 5.69 Å². The molecule has 0 atom stereocenters. The van der Waals surface area contributed by atoms with Gasteiger partial charge in [0.05, 0.1) is 24.4 Å². The van der Waals surface area contributed by atoms with Gasteiger partial charge in [-0.15, -0.1) is 0 Å². The van der Waals surface area contributed by atoms with Crippen molar-refractivity contribution in [2.45, 2.75) is 18.9 Å². The molecule has 130 valence electrons. The van der Waals surface area contributed by atoms with Crippen LogP contribution in [0.1, 0.15) is 12.8 Å². The summed E-state index contributed by atoms with van der Waals surface area (Å²) in [5.74, 6) is 0. The fraction of sp³-hybridized carbons (Fsp3) is 0.350. The Morgan fingerprint density at radius 2 is 1.96 bits per heavy atom. The predicted octanol–water partition coefficient (Wildman–Crippen LogP) is 3.61. The molecule has 0 spiro atoms. The minimum atomic E-state index is 0.355. The summed E-state index contributed by atoms with van der Waals surface area (Å²) in [6.07, 6.45) is 6.25. The van der Waals surface area contributed by atoms with Crippen molar-refractivity contribution in [2.75, 3.05) is 31.7 Å². The summed E-state index contributed by atoms with van der Waals surface area (Å²) in [5.41, 5.74) is 4.55. The van der Waals surface area contributed by atoms with Crippen molar-refractivity contribution in [3.63, 3.8) is 0 Å². The highest BCUT2D eigenvalue weighted by Gasteiger charge is 2.13. The average Bonchev–Trinajstić information content (AvgIpc) is 3.11. The first-order chi connectivity index (χ1) is 12.4. The van der Waals surface area contributed by atoms with E-state index in [0.717, 1.165) is 56.0 Å². The van der Waals surface area contributed by atoms with Gasteiger partial charge in [0.25, 0.3) is 0 Å². The molecule has 2 aromatic heterocycles. The van der Waals surface area contributed by atoms with Crippen molar-refractivity contribution < 1.29 is 9.47 Å². The zero-order valence-corrected chi connectivity index (χ0v) is 14.2. The Morgan fingerprint density at radius 3 is 2.80 bits per heavy atom. The summed E-state index contributed by atoms with van der Waals surface area (Å²) in [5, 5.41) is 7.81. The molecule has 1 fully saturated rings. The van der Waals surface area contributed by atoms with Crippen LogP contribution in [-0.4, -0.2) is 42.1 Å². The molecule has 1 aliphatic rings. The molecule has 1 aromatic carbocycles. The van der Waals surface area contributed by atoms with Crippen LogP contribution >= 0.6 is 0 Å². The summed E-state index contributed by atoms with van der Waals surface area (Å²) in [4.78, 5) is 0. The number of hydrogen-bond donors (Lipinski definition) is 1. The fourth-order valence-corrected chi connectivity index (χ4v) is 3.19. The molecular formula is C20H23N3O2. The van der Waals surface area contributed by atoms with Gasteiger partial charge in [-0.1, -0.05) is 18.2 Å². The van der Waals surface area contributed by atoms with Crippen LogP contribution in [0.25, 0.3) is 16.6 Å². The van der Waals surface area contributed by atoms with Crippen LogP contribution in [0.2, 0.25) is 0 Å². The topological polar surface area (TPSA) is 47.8 Å². The van der Waals surface area contributed by atoms with Crippen molar-refractivity contribution in [1.82, 2.24) is 9.61 Å². The van der Waals surface area contributed by atoms with E-state index in [1.807, 2.05) is 29.0 Å². The van der Waals surface area contributed by atoms with Gasteiger partial charge in [0, 0.05) is 37.2 Å². The quantitative estimate of drug-likeness (QED) is 0.698. The Balaban J connectivity index is 1.32. The zero-order chi connectivity index (χ0) is 16.9. The molecule has 1 saturated heterocycles. The molecule has 1 N–H and O–H groups in total. The van der Waals surface area contributed by atoms with Crippen LogP contribution in [0.3, 0.4) is 0 Å². The number of aromatic nitrogens is 2. The first-order valence-corrected chi connectivity index (χ1v) is 8.86. The van der Waals surface area contributed by atoms with Crippen molar-refractivity contribution in [3.8, 4) is 11.1 Å². The zero-order valence-electron chi connectivity index (χ0n) is 14.2. The van der Waals surface area contributed by atoms with Crippen molar-refractivity contribution in [1.29, 1.82) is 0 Å². The Morgan fingerprint density at radius 1 is 1.12 bits per heavy atom. The Bertz CT molecular complexity index is 807. The first kappa shape index (κ1) is 16.1. The summed E-state index contributed by atoms with van der Waals surface area (Å²) < 4.78 is 13.1. The molecular weight excluding hydrogens is 314 g/mol. The second kappa shape index (κ2) is 7.68. The summed E-state index contributed by atoms with van der Waals surface area (Å²) in [6, 6.07) is 14.6. The van der Waals surface area contributed by atoms with E-state index in [2.05, 4.69) is 40.7 Å². The van der Waals surface area contributed by atoms with Crippen LogP contribution in [0.15, 0.2) is 54.9 Å². The SMILES string of the molecule is c1ccn2ncc(-c3ccc(NCCOC4CCOCC4)cc3)c2c1. The minimum absolute atomic E-state index is 0.355. The minimum Gasteiger partial charge on any atom is -0.383 e. The Kier molecular flexibility index (Phi) is 4.95. The number of anilines is 1. The summed E-state index contributed by atoms with van der Waals surface area (Å²) in [6.45, 7) is 3.18. The van der Waals surface area contributed by atoms with Gasteiger partial charge < -0.3 is 14.8 Å². The largest absolute Gasteiger partial charge is 0.383 e. The molecule has 0 unspecified atom stereocenters. The molecule has 0 amide bonds. The molecule has 1 aliphatic heterocycles. The van der Waals surface area contributed by atoms with Crippen LogP contribution in [0.5, 0.6) is 0 Å². The van der Waals surface area contributed by atoms with Gasteiger partial charge in [-0.2, -0.15) is 5.10 Å². The Hall–Kier alpha value is -2.37. The van der Waals surface area contributed by atoms with Crippen molar-refractivity contribution in [2.24, 2.45) is 0 Å². The fourth-order valence-electron chi connectivity index (χ4n) is 3.19. The van der Waals surface area contributed by atoms with E-state index in [1.165, 1.54) is 5.56 Å². The number of fused-ring (bicyclic) bond motifs is 1. The third kappa shape index (κ3) is 3.83. The molecule has 0 bridgehead atoms. The smallest absolute Gasteiger partial charge is 0.0740 e. The number of ether oxygens (including phenoxy) is 2. The highest BCUT2D eigenvalue weighted by molar-refractivity contribution is 5.80. The molecule has 3 aromatic rings. The lowest BCUT2D eigenvalue weighted by Crippen LogP contribution is -2.25. The molecule has 5 nitrogen and oxygen atoms in total. The average molecular weight is 337 g/mol. The normalized spacial score (nSPS) is 15.5. The standard InChI is InChI=1S/C20H23N3O2/c1-2-11-23-20(3-1)19(15-22-23)16-4-6-17(7-5-16)21-10-14-25-18-8-12-24-13-9-18/h1-7,11,15,18,21H,8-10,12-14H2. The van der Waals surface area contributed by atoms with E-state index in [0.29, 0.717) is 6.10 Å². The lowest BCUT2D eigenvalue weighted by atomic mass is 10.1. The van der Waals surface area contributed by atoms with Gasteiger partial charge in [-0.05, 0) is 42.7 Å². The number of rotatable bonds is 6. The van der Waals surface area contributed by atoms with Crippen LogP contribution < -0.4 is 5.32 Å². The van der Waals surface area contributed by atoms with Crippen LogP contribution in [-0.2, 0) is 9.47 Å². The second-order valence-electron chi connectivity index (χ2n) is 6.28. The molecule has 0 radical (unpaired) electrons. The van der Waals surface area contributed by atoms with Crippen molar-refractivity contribution in [3.05, 3.63) is 54.9 Å². The van der Waals surface area contributed by atoms with Gasteiger partial charge in [-0.3, -0.25) is 0 Å². The lowest BCUT2D eigenvalue weighted by molar-refractivity contribution is -0.0283. The number of nitrogens with zero attached hydrogens (tertiary/aromatic N) is 2. The van der Waals surface area contributed by atoms with E-state index >= 15 is 0 Å². The van der Waals surface area contributed by atoms with E-state index in [4.69, 9.17) is 9.47 Å². The number of pyridine rings is 1. The maximum Gasteiger partial charge on any atom is 0.0740 e. The molecule has 0 aliphatic carbocycles. The highest BCUT2D eigenvalue weighted by Crippen LogP contribution is 2.25. The molecule has 3 heterocycles. The van der Waals surface area contributed by atoms with Gasteiger partial charge in [0.15, 0.2) is 0 Å². The number of benzene rings is 1. The van der Waals surface area contributed by atoms with Crippen molar-refractivity contribution >= 4 is 11.2 Å². The van der Waals surface area contributed by atoms with E-state index in [1.54, 1.807) is 0 Å². The molecule has 5 heteroatoms. The molecule has 4 rings (SSSR count). The number of nitrogens with one attached hydrogen (secondary N) is 1. The summed E-state index contributed by atoms with van der Waals surface area (Å²) >= 11 is 0. The van der Waals surface area contributed by atoms with Gasteiger partial charge >= 0.3 is 0 Å².